The summed E-state index contributed by atoms with van der Waals surface area (Å²) >= 11 is 0. The molecule has 0 unspecified atom stereocenters. The van der Waals surface area contributed by atoms with Crippen molar-refractivity contribution in [2.45, 2.75) is 46.5 Å². The molecule has 1 aliphatic rings. The molecule has 0 saturated carbocycles. The van der Waals surface area contributed by atoms with Crippen molar-refractivity contribution < 1.29 is 0 Å². The molecule has 0 aliphatic heterocycles. The van der Waals surface area contributed by atoms with Gasteiger partial charge in [0.05, 0.1) is 0 Å². The van der Waals surface area contributed by atoms with Crippen LogP contribution in [0.15, 0.2) is 34.9 Å². The van der Waals surface area contributed by atoms with Gasteiger partial charge in [-0.2, -0.15) is 0 Å². The number of hydrogen-bond donors (Lipinski definition) is 0. The monoisotopic (exact) mass is 176 g/mol. The largest absolute Gasteiger partial charge is 0.0772 e. The summed E-state index contributed by atoms with van der Waals surface area (Å²) in [5.74, 6) is 0. The van der Waals surface area contributed by atoms with Crippen molar-refractivity contribution in [2.75, 3.05) is 0 Å². The maximum absolute atomic E-state index is 2.37. The summed E-state index contributed by atoms with van der Waals surface area (Å²) in [6, 6.07) is 0. The van der Waals surface area contributed by atoms with Crippen molar-refractivity contribution in [1.82, 2.24) is 0 Å². The summed E-state index contributed by atoms with van der Waals surface area (Å²) in [5, 5.41) is 0. The lowest BCUT2D eigenvalue weighted by atomic mass is 10.1. The van der Waals surface area contributed by atoms with Crippen LogP contribution in [-0.2, 0) is 0 Å². The molecular formula is C13H20. The average molecular weight is 176 g/mol. The zero-order valence-electron chi connectivity index (χ0n) is 9.06. The zero-order chi connectivity index (χ0) is 9.68. The van der Waals surface area contributed by atoms with E-state index < -0.39 is 0 Å². The molecule has 0 saturated heterocycles. The lowest BCUT2D eigenvalue weighted by Crippen LogP contribution is -1.79. The smallest absolute Gasteiger partial charge is 0.0130 e. The summed E-state index contributed by atoms with van der Waals surface area (Å²) < 4.78 is 0. The van der Waals surface area contributed by atoms with E-state index in [0.717, 1.165) is 19.3 Å². The Morgan fingerprint density at radius 3 is 2.15 bits per heavy atom. The quantitative estimate of drug-likeness (QED) is 0.598. The molecule has 0 atom stereocenters. The minimum Gasteiger partial charge on any atom is -0.0772 e. The minimum absolute atomic E-state index is 1.15. The second-order valence-corrected chi connectivity index (χ2v) is 3.57. The van der Waals surface area contributed by atoms with Crippen molar-refractivity contribution in [3.8, 4) is 0 Å². The molecule has 0 amide bonds. The van der Waals surface area contributed by atoms with Crippen LogP contribution in [0.5, 0.6) is 0 Å². The van der Waals surface area contributed by atoms with Crippen LogP contribution in [0.25, 0.3) is 0 Å². The van der Waals surface area contributed by atoms with Gasteiger partial charge in [0.2, 0.25) is 0 Å². The lowest BCUT2D eigenvalue weighted by molar-refractivity contribution is 1.01. The Morgan fingerprint density at radius 2 is 1.62 bits per heavy atom. The van der Waals surface area contributed by atoms with Gasteiger partial charge in [0.15, 0.2) is 0 Å². The minimum atomic E-state index is 1.15. The van der Waals surface area contributed by atoms with Gasteiger partial charge in [-0.15, -0.1) is 0 Å². The first-order valence-corrected chi connectivity index (χ1v) is 5.39. The van der Waals surface area contributed by atoms with Gasteiger partial charge >= 0.3 is 0 Å². The third-order valence-corrected chi connectivity index (χ3v) is 2.66. The fraction of sp³-hybridized carbons (Fsp3) is 0.538. The molecule has 0 heteroatoms. The van der Waals surface area contributed by atoms with E-state index in [1.807, 2.05) is 0 Å². The molecule has 0 heterocycles. The molecule has 0 nitrogen and oxygen atoms in total. The van der Waals surface area contributed by atoms with E-state index in [-0.39, 0.29) is 0 Å². The van der Waals surface area contributed by atoms with E-state index >= 15 is 0 Å². The van der Waals surface area contributed by atoms with E-state index in [4.69, 9.17) is 0 Å². The van der Waals surface area contributed by atoms with E-state index in [2.05, 4.69) is 39.0 Å². The van der Waals surface area contributed by atoms with E-state index in [1.54, 1.807) is 5.57 Å². The first-order valence-electron chi connectivity index (χ1n) is 5.39. The van der Waals surface area contributed by atoms with Crippen molar-refractivity contribution >= 4 is 0 Å². The van der Waals surface area contributed by atoms with Gasteiger partial charge in [0.1, 0.15) is 0 Å². The molecule has 1 rings (SSSR count). The summed E-state index contributed by atoms with van der Waals surface area (Å²) in [5.41, 5.74) is 4.55. The summed E-state index contributed by atoms with van der Waals surface area (Å²) in [7, 11) is 0. The molecule has 0 spiro atoms. The normalized spacial score (nSPS) is 17.3. The Balaban J connectivity index is 2.87. The predicted molar refractivity (Wildman–Crippen MR) is 59.7 cm³/mol. The zero-order valence-corrected chi connectivity index (χ0v) is 9.06. The van der Waals surface area contributed by atoms with Crippen LogP contribution in [-0.4, -0.2) is 0 Å². The van der Waals surface area contributed by atoms with Crippen molar-refractivity contribution in [3.05, 3.63) is 34.9 Å². The van der Waals surface area contributed by atoms with Gasteiger partial charge in [0.25, 0.3) is 0 Å². The molecule has 72 valence electrons. The summed E-state index contributed by atoms with van der Waals surface area (Å²) in [6.07, 6.45) is 11.7. The highest BCUT2D eigenvalue weighted by Crippen LogP contribution is 2.21. The molecule has 0 aromatic rings. The molecule has 1 aliphatic carbocycles. The molecule has 0 bridgehead atoms. The second kappa shape index (κ2) is 5.06. The Bertz CT molecular complexity index is 251. The highest BCUT2D eigenvalue weighted by Gasteiger charge is 2.01. The molecule has 0 fully saturated rings. The maximum atomic E-state index is 2.37. The van der Waals surface area contributed by atoms with Gasteiger partial charge in [0, 0.05) is 0 Å². The summed E-state index contributed by atoms with van der Waals surface area (Å²) in [4.78, 5) is 0. The Morgan fingerprint density at radius 1 is 0.923 bits per heavy atom. The first-order chi connectivity index (χ1) is 6.30. The van der Waals surface area contributed by atoms with Gasteiger partial charge in [-0.1, -0.05) is 50.1 Å². The van der Waals surface area contributed by atoms with Gasteiger partial charge < -0.3 is 0 Å². The lowest BCUT2D eigenvalue weighted by Gasteiger charge is -1.99. The molecule has 0 radical (unpaired) electrons. The highest BCUT2D eigenvalue weighted by atomic mass is 14.1. The average Bonchev–Trinajstić information content (AvgIpc) is 2.39. The van der Waals surface area contributed by atoms with E-state index in [0.29, 0.717) is 0 Å². The fourth-order valence-corrected chi connectivity index (χ4v) is 1.62. The highest BCUT2D eigenvalue weighted by molar-refractivity contribution is 5.36. The third kappa shape index (κ3) is 2.87. The predicted octanol–water partition coefficient (Wildman–Crippen LogP) is 4.40. The Kier molecular flexibility index (Phi) is 4.01. The van der Waals surface area contributed by atoms with E-state index in [9.17, 15) is 0 Å². The molecule has 13 heavy (non-hydrogen) atoms. The topological polar surface area (TPSA) is 0 Å². The first kappa shape index (κ1) is 10.3. The van der Waals surface area contributed by atoms with Gasteiger partial charge in [-0.05, 0) is 31.3 Å². The van der Waals surface area contributed by atoms with Crippen LogP contribution in [0.4, 0.5) is 0 Å². The molecule has 0 N–H and O–H groups in total. The van der Waals surface area contributed by atoms with Crippen LogP contribution < -0.4 is 0 Å². The summed E-state index contributed by atoms with van der Waals surface area (Å²) in [6.45, 7) is 6.70. The maximum Gasteiger partial charge on any atom is -0.0130 e. The van der Waals surface area contributed by atoms with E-state index in [1.165, 1.54) is 17.6 Å². The van der Waals surface area contributed by atoms with Gasteiger partial charge in [-0.25, -0.2) is 0 Å². The third-order valence-electron chi connectivity index (χ3n) is 2.66. The number of hydrogen-bond acceptors (Lipinski definition) is 0. The van der Waals surface area contributed by atoms with Crippen LogP contribution in [0.1, 0.15) is 46.5 Å². The van der Waals surface area contributed by atoms with Crippen LogP contribution in [0.2, 0.25) is 0 Å². The Labute approximate surface area is 82.0 Å². The van der Waals surface area contributed by atoms with Crippen molar-refractivity contribution in [1.29, 1.82) is 0 Å². The standard InChI is InChI=1S/C13H20/c1-4-11-7-8-12(5-2)10-13(6-3)9-11/h7,9-10H,4-6,8H2,1-3H3. The van der Waals surface area contributed by atoms with Crippen LogP contribution in [0.3, 0.4) is 0 Å². The van der Waals surface area contributed by atoms with Crippen molar-refractivity contribution in [3.63, 3.8) is 0 Å². The van der Waals surface area contributed by atoms with Crippen LogP contribution >= 0.6 is 0 Å². The number of rotatable bonds is 3. The fourth-order valence-electron chi connectivity index (χ4n) is 1.62. The SMILES string of the molecule is CCC1=CCC(CC)=CC(CC)=C1. The molecular weight excluding hydrogens is 156 g/mol. The molecule has 0 aromatic carbocycles. The number of allylic oxidation sites excluding steroid dienone is 6. The van der Waals surface area contributed by atoms with Gasteiger partial charge in [-0.3, -0.25) is 0 Å². The van der Waals surface area contributed by atoms with Crippen LogP contribution in [0, 0.1) is 0 Å². The second-order valence-electron chi connectivity index (χ2n) is 3.57. The Hall–Kier alpha value is -0.780. The van der Waals surface area contributed by atoms with Crippen molar-refractivity contribution in [2.24, 2.45) is 0 Å². The molecule has 0 aromatic heterocycles.